The van der Waals surface area contributed by atoms with Gasteiger partial charge in [-0.2, -0.15) is 5.10 Å². The molecule has 0 atom stereocenters. The van der Waals surface area contributed by atoms with Crippen LogP contribution in [0.4, 0.5) is 0 Å². The zero-order valence-electron chi connectivity index (χ0n) is 12.5. The number of methoxy groups -OCH3 is 3. The van der Waals surface area contributed by atoms with Crippen LogP contribution < -0.4 is 15.0 Å². The van der Waals surface area contributed by atoms with Gasteiger partial charge in [-0.15, -0.1) is 0 Å². The van der Waals surface area contributed by atoms with Crippen molar-refractivity contribution in [3.05, 3.63) is 40.7 Å². The zero-order chi connectivity index (χ0) is 16.1. The number of hydrogen-bond donors (Lipinski definition) is 0. The highest BCUT2D eigenvalue weighted by Gasteiger charge is 2.10. The molecule has 0 amide bonds. The van der Waals surface area contributed by atoms with Crippen molar-refractivity contribution >= 4 is 5.97 Å². The Morgan fingerprint density at radius 3 is 2.45 bits per heavy atom. The molecule has 22 heavy (non-hydrogen) atoms. The number of esters is 1. The first-order valence-electron chi connectivity index (χ1n) is 6.46. The van der Waals surface area contributed by atoms with Crippen molar-refractivity contribution in [3.8, 4) is 22.8 Å². The van der Waals surface area contributed by atoms with E-state index in [0.717, 1.165) is 10.2 Å². The molecule has 0 unspecified atom stereocenters. The summed E-state index contributed by atoms with van der Waals surface area (Å²) in [4.78, 5) is 23.0. The molecule has 0 aliphatic rings. The van der Waals surface area contributed by atoms with E-state index in [1.54, 1.807) is 31.4 Å². The minimum absolute atomic E-state index is 0.240. The smallest absolute Gasteiger partial charge is 0.327 e. The summed E-state index contributed by atoms with van der Waals surface area (Å²) in [6.45, 7) is -0.240. The molecular weight excluding hydrogens is 288 g/mol. The Morgan fingerprint density at radius 1 is 1.09 bits per heavy atom. The first-order chi connectivity index (χ1) is 10.6. The van der Waals surface area contributed by atoms with Gasteiger partial charge >= 0.3 is 5.97 Å². The number of carbonyl (C=O) groups is 1. The highest BCUT2D eigenvalue weighted by molar-refractivity contribution is 5.69. The average Bonchev–Trinajstić information content (AvgIpc) is 2.56. The van der Waals surface area contributed by atoms with Gasteiger partial charge in [0.15, 0.2) is 11.5 Å². The van der Waals surface area contributed by atoms with Crippen molar-refractivity contribution in [1.82, 2.24) is 9.78 Å². The Bertz CT molecular complexity index is 739. The molecule has 0 saturated heterocycles. The van der Waals surface area contributed by atoms with Crippen LogP contribution in [-0.2, 0) is 16.1 Å². The highest BCUT2D eigenvalue weighted by atomic mass is 16.5. The largest absolute Gasteiger partial charge is 0.493 e. The molecule has 2 rings (SSSR count). The minimum Gasteiger partial charge on any atom is -0.493 e. The van der Waals surface area contributed by atoms with Crippen LogP contribution in [0.5, 0.6) is 11.5 Å². The first kappa shape index (κ1) is 15.6. The van der Waals surface area contributed by atoms with Gasteiger partial charge in [0.05, 0.1) is 27.0 Å². The molecule has 0 radical (unpaired) electrons. The van der Waals surface area contributed by atoms with Crippen LogP contribution in [0, 0.1) is 0 Å². The predicted octanol–water partition coefficient (Wildman–Crippen LogP) is 1.10. The van der Waals surface area contributed by atoms with E-state index in [0.29, 0.717) is 17.2 Å². The molecule has 2 aromatic rings. The van der Waals surface area contributed by atoms with Crippen molar-refractivity contribution in [1.29, 1.82) is 0 Å². The predicted molar refractivity (Wildman–Crippen MR) is 79.1 cm³/mol. The zero-order valence-corrected chi connectivity index (χ0v) is 12.5. The van der Waals surface area contributed by atoms with Crippen molar-refractivity contribution in [3.63, 3.8) is 0 Å². The van der Waals surface area contributed by atoms with Gasteiger partial charge < -0.3 is 14.2 Å². The Hall–Kier alpha value is -2.83. The summed E-state index contributed by atoms with van der Waals surface area (Å²) in [6, 6.07) is 8.20. The molecular formula is C15H16N2O5. The van der Waals surface area contributed by atoms with Crippen molar-refractivity contribution in [2.24, 2.45) is 0 Å². The van der Waals surface area contributed by atoms with E-state index in [1.807, 2.05) is 0 Å². The molecule has 0 aliphatic carbocycles. The lowest BCUT2D eigenvalue weighted by atomic mass is 10.1. The Morgan fingerprint density at radius 2 is 1.82 bits per heavy atom. The second-order valence-corrected chi connectivity index (χ2v) is 4.36. The van der Waals surface area contributed by atoms with Crippen LogP contribution in [0.15, 0.2) is 35.1 Å². The van der Waals surface area contributed by atoms with Gasteiger partial charge in [0, 0.05) is 11.6 Å². The van der Waals surface area contributed by atoms with Gasteiger partial charge in [0.1, 0.15) is 6.54 Å². The van der Waals surface area contributed by atoms with Crippen LogP contribution in [0.1, 0.15) is 0 Å². The van der Waals surface area contributed by atoms with Gasteiger partial charge in [0.25, 0.3) is 5.56 Å². The van der Waals surface area contributed by atoms with Gasteiger partial charge in [-0.25, -0.2) is 4.68 Å². The van der Waals surface area contributed by atoms with E-state index < -0.39 is 5.97 Å². The molecule has 0 bridgehead atoms. The van der Waals surface area contributed by atoms with Gasteiger partial charge in [-0.1, -0.05) is 0 Å². The fourth-order valence-electron chi connectivity index (χ4n) is 1.90. The molecule has 0 spiro atoms. The fraction of sp³-hybridized carbons (Fsp3) is 0.267. The summed E-state index contributed by atoms with van der Waals surface area (Å²) < 4.78 is 16.0. The molecule has 7 nitrogen and oxygen atoms in total. The second-order valence-electron chi connectivity index (χ2n) is 4.36. The Balaban J connectivity index is 2.43. The van der Waals surface area contributed by atoms with Crippen molar-refractivity contribution < 1.29 is 19.0 Å². The summed E-state index contributed by atoms with van der Waals surface area (Å²) >= 11 is 0. The Kier molecular flexibility index (Phi) is 4.77. The monoisotopic (exact) mass is 304 g/mol. The van der Waals surface area contributed by atoms with Crippen LogP contribution >= 0.6 is 0 Å². The van der Waals surface area contributed by atoms with Crippen LogP contribution in [0.25, 0.3) is 11.3 Å². The third-order valence-corrected chi connectivity index (χ3v) is 3.05. The Labute approximate surface area is 127 Å². The molecule has 0 aliphatic heterocycles. The number of nitrogens with zero attached hydrogens (tertiary/aromatic N) is 2. The number of aromatic nitrogens is 2. The second kappa shape index (κ2) is 6.75. The standard InChI is InChI=1S/C15H16N2O5/c1-20-12-6-4-10(8-13(12)21-2)11-5-7-14(18)17(16-11)9-15(19)22-3/h4-8H,9H2,1-3H3. The van der Waals surface area contributed by atoms with Crippen molar-refractivity contribution in [2.45, 2.75) is 6.54 Å². The van der Waals surface area contributed by atoms with Crippen LogP contribution in [0.2, 0.25) is 0 Å². The lowest BCUT2D eigenvalue weighted by Crippen LogP contribution is -2.26. The third kappa shape index (κ3) is 3.25. The topological polar surface area (TPSA) is 79.7 Å². The SMILES string of the molecule is COC(=O)Cn1nc(-c2ccc(OC)c(OC)c2)ccc1=O. The maximum Gasteiger partial charge on any atom is 0.327 e. The lowest BCUT2D eigenvalue weighted by Gasteiger charge is -2.10. The molecule has 0 saturated carbocycles. The van der Waals surface area contributed by atoms with Crippen molar-refractivity contribution in [2.75, 3.05) is 21.3 Å². The van der Waals surface area contributed by atoms with Gasteiger partial charge in [-0.05, 0) is 24.3 Å². The lowest BCUT2D eigenvalue weighted by molar-refractivity contribution is -0.141. The summed E-state index contributed by atoms with van der Waals surface area (Å²) in [5.74, 6) is 0.598. The summed E-state index contributed by atoms with van der Waals surface area (Å²) in [5.41, 5.74) is 0.885. The minimum atomic E-state index is -0.543. The summed E-state index contributed by atoms with van der Waals surface area (Å²) in [5, 5.41) is 4.17. The first-order valence-corrected chi connectivity index (χ1v) is 6.46. The van der Waals surface area contributed by atoms with E-state index in [9.17, 15) is 9.59 Å². The number of benzene rings is 1. The fourth-order valence-corrected chi connectivity index (χ4v) is 1.90. The third-order valence-electron chi connectivity index (χ3n) is 3.05. The van der Waals surface area contributed by atoms with E-state index in [2.05, 4.69) is 9.84 Å². The molecule has 0 N–H and O–H groups in total. The number of ether oxygens (including phenoxy) is 3. The number of rotatable bonds is 5. The van der Waals surface area contributed by atoms with Gasteiger partial charge in [0.2, 0.25) is 0 Å². The maximum absolute atomic E-state index is 11.7. The molecule has 116 valence electrons. The number of carbonyl (C=O) groups excluding carboxylic acids is 1. The molecule has 1 aromatic carbocycles. The number of hydrogen-bond acceptors (Lipinski definition) is 6. The van der Waals surface area contributed by atoms with E-state index in [-0.39, 0.29) is 12.1 Å². The highest BCUT2D eigenvalue weighted by Crippen LogP contribution is 2.31. The van der Waals surface area contributed by atoms with E-state index in [4.69, 9.17) is 9.47 Å². The summed E-state index contributed by atoms with van der Waals surface area (Å²) in [6.07, 6.45) is 0. The van der Waals surface area contributed by atoms with Gasteiger partial charge in [-0.3, -0.25) is 9.59 Å². The summed E-state index contributed by atoms with van der Waals surface area (Å²) in [7, 11) is 4.34. The van der Waals surface area contributed by atoms with E-state index >= 15 is 0 Å². The van der Waals surface area contributed by atoms with Crippen LogP contribution in [0.3, 0.4) is 0 Å². The molecule has 7 heteroatoms. The average molecular weight is 304 g/mol. The molecule has 0 fully saturated rings. The molecule has 1 heterocycles. The maximum atomic E-state index is 11.7. The normalized spacial score (nSPS) is 10.1. The quantitative estimate of drug-likeness (QED) is 0.770. The molecule has 1 aromatic heterocycles. The van der Waals surface area contributed by atoms with Crippen LogP contribution in [-0.4, -0.2) is 37.1 Å². The van der Waals surface area contributed by atoms with E-state index in [1.165, 1.54) is 20.3 Å².